The van der Waals surface area contributed by atoms with Crippen LogP contribution in [0.15, 0.2) is 54.6 Å². The summed E-state index contributed by atoms with van der Waals surface area (Å²) >= 11 is 0. The SMILES string of the molecule is Cc1ccccc1OCCCNC1CCN(C)C1c1ccccc1. The molecule has 1 heterocycles. The Morgan fingerprint density at radius 2 is 1.83 bits per heavy atom. The summed E-state index contributed by atoms with van der Waals surface area (Å²) in [5, 5.41) is 3.74. The zero-order chi connectivity index (χ0) is 16.8. The molecule has 1 aliphatic heterocycles. The lowest BCUT2D eigenvalue weighted by molar-refractivity contribution is 0.275. The average Bonchev–Trinajstić information content (AvgIpc) is 2.97. The zero-order valence-corrected chi connectivity index (χ0v) is 14.7. The molecule has 24 heavy (non-hydrogen) atoms. The number of ether oxygens (including phenoxy) is 1. The van der Waals surface area contributed by atoms with Crippen LogP contribution in [-0.2, 0) is 0 Å². The minimum Gasteiger partial charge on any atom is -0.493 e. The molecule has 2 atom stereocenters. The summed E-state index contributed by atoms with van der Waals surface area (Å²) in [6.45, 7) is 4.99. The third-order valence-corrected chi connectivity index (χ3v) is 4.87. The molecule has 0 saturated carbocycles. The summed E-state index contributed by atoms with van der Waals surface area (Å²) in [4.78, 5) is 2.46. The van der Waals surface area contributed by atoms with Gasteiger partial charge in [0.15, 0.2) is 0 Å². The smallest absolute Gasteiger partial charge is 0.122 e. The number of hydrogen-bond acceptors (Lipinski definition) is 3. The molecule has 3 heteroatoms. The molecular weight excluding hydrogens is 296 g/mol. The second-order valence-electron chi connectivity index (χ2n) is 6.65. The summed E-state index contributed by atoms with van der Waals surface area (Å²) in [5.74, 6) is 1.00. The van der Waals surface area contributed by atoms with E-state index < -0.39 is 0 Å². The molecule has 2 aromatic rings. The summed E-state index contributed by atoms with van der Waals surface area (Å²) in [7, 11) is 2.22. The molecule has 0 bridgehead atoms. The maximum atomic E-state index is 5.88. The average molecular weight is 324 g/mol. The van der Waals surface area contributed by atoms with Gasteiger partial charge in [-0.25, -0.2) is 0 Å². The zero-order valence-electron chi connectivity index (χ0n) is 14.7. The Morgan fingerprint density at radius 1 is 1.08 bits per heavy atom. The number of likely N-dealkylation sites (tertiary alicyclic amines) is 1. The Labute approximate surface area is 145 Å². The van der Waals surface area contributed by atoms with E-state index in [0.29, 0.717) is 12.1 Å². The van der Waals surface area contributed by atoms with Crippen LogP contribution in [0.4, 0.5) is 0 Å². The first-order valence-electron chi connectivity index (χ1n) is 8.92. The standard InChI is InChI=1S/C21H28N2O/c1-17-9-6-7-12-20(17)24-16-8-14-22-19-13-15-23(2)21(19)18-10-4-3-5-11-18/h3-7,9-12,19,21-22H,8,13-16H2,1-2H3. The predicted molar refractivity (Wildman–Crippen MR) is 99.5 cm³/mol. The van der Waals surface area contributed by atoms with Crippen LogP contribution in [0.3, 0.4) is 0 Å². The molecule has 0 aliphatic carbocycles. The lowest BCUT2D eigenvalue weighted by Crippen LogP contribution is -2.35. The fourth-order valence-electron chi connectivity index (χ4n) is 3.56. The van der Waals surface area contributed by atoms with Crippen molar-refractivity contribution in [1.82, 2.24) is 10.2 Å². The van der Waals surface area contributed by atoms with Crippen LogP contribution in [0.5, 0.6) is 5.75 Å². The first-order chi connectivity index (χ1) is 11.8. The Kier molecular flexibility index (Phi) is 5.89. The lowest BCUT2D eigenvalue weighted by atomic mass is 10.0. The molecule has 1 saturated heterocycles. The first kappa shape index (κ1) is 17.0. The number of nitrogens with one attached hydrogen (secondary N) is 1. The van der Waals surface area contributed by atoms with E-state index >= 15 is 0 Å². The topological polar surface area (TPSA) is 24.5 Å². The van der Waals surface area contributed by atoms with Gasteiger partial charge in [-0.2, -0.15) is 0 Å². The van der Waals surface area contributed by atoms with Crippen molar-refractivity contribution in [2.45, 2.75) is 31.8 Å². The van der Waals surface area contributed by atoms with Gasteiger partial charge >= 0.3 is 0 Å². The maximum absolute atomic E-state index is 5.88. The third kappa shape index (κ3) is 4.16. The van der Waals surface area contributed by atoms with E-state index in [9.17, 15) is 0 Å². The van der Waals surface area contributed by atoms with Gasteiger partial charge in [0.25, 0.3) is 0 Å². The highest BCUT2D eigenvalue weighted by atomic mass is 16.5. The molecule has 1 fully saturated rings. The van der Waals surface area contributed by atoms with E-state index in [4.69, 9.17) is 4.74 Å². The van der Waals surface area contributed by atoms with Gasteiger partial charge in [0.05, 0.1) is 6.61 Å². The molecule has 1 aliphatic rings. The van der Waals surface area contributed by atoms with E-state index in [1.165, 1.54) is 17.5 Å². The summed E-state index contributed by atoms with van der Waals surface area (Å²) < 4.78 is 5.88. The Morgan fingerprint density at radius 3 is 2.62 bits per heavy atom. The summed E-state index contributed by atoms with van der Waals surface area (Å²) in [6.07, 6.45) is 2.23. The van der Waals surface area contributed by atoms with Crippen LogP contribution >= 0.6 is 0 Å². The third-order valence-electron chi connectivity index (χ3n) is 4.87. The number of nitrogens with zero attached hydrogens (tertiary/aromatic N) is 1. The normalized spacial score (nSPS) is 21.1. The van der Waals surface area contributed by atoms with Crippen molar-refractivity contribution < 1.29 is 4.74 Å². The Balaban J connectivity index is 1.45. The molecule has 3 rings (SSSR count). The van der Waals surface area contributed by atoms with Crippen molar-refractivity contribution >= 4 is 0 Å². The van der Waals surface area contributed by atoms with Gasteiger partial charge in [0.1, 0.15) is 5.75 Å². The van der Waals surface area contributed by atoms with Crippen molar-refractivity contribution in [3.63, 3.8) is 0 Å². The van der Waals surface area contributed by atoms with Crippen molar-refractivity contribution in [3.05, 3.63) is 65.7 Å². The van der Waals surface area contributed by atoms with E-state index in [0.717, 1.165) is 31.9 Å². The maximum Gasteiger partial charge on any atom is 0.122 e. The number of benzene rings is 2. The van der Waals surface area contributed by atoms with Gasteiger partial charge in [-0.1, -0.05) is 48.5 Å². The molecule has 3 nitrogen and oxygen atoms in total. The lowest BCUT2D eigenvalue weighted by Gasteiger charge is -2.26. The number of likely N-dealkylation sites (N-methyl/N-ethyl adjacent to an activating group) is 1. The molecule has 1 N–H and O–H groups in total. The van der Waals surface area contributed by atoms with Crippen LogP contribution in [0.1, 0.15) is 30.0 Å². The van der Waals surface area contributed by atoms with Crippen LogP contribution in [0, 0.1) is 6.92 Å². The second-order valence-corrected chi connectivity index (χ2v) is 6.65. The van der Waals surface area contributed by atoms with Crippen molar-refractivity contribution in [2.75, 3.05) is 26.7 Å². The van der Waals surface area contributed by atoms with Crippen LogP contribution in [0.2, 0.25) is 0 Å². The Bertz CT molecular complexity index is 629. The minimum absolute atomic E-state index is 0.475. The minimum atomic E-state index is 0.475. The van der Waals surface area contributed by atoms with Crippen molar-refractivity contribution in [1.29, 1.82) is 0 Å². The van der Waals surface area contributed by atoms with Crippen molar-refractivity contribution in [3.8, 4) is 5.75 Å². The van der Waals surface area contributed by atoms with E-state index in [2.05, 4.69) is 60.6 Å². The second kappa shape index (κ2) is 8.32. The number of aryl methyl sites for hydroxylation is 1. The summed E-state index contributed by atoms with van der Waals surface area (Å²) in [5.41, 5.74) is 2.61. The van der Waals surface area contributed by atoms with Crippen LogP contribution in [-0.4, -0.2) is 37.7 Å². The fourth-order valence-corrected chi connectivity index (χ4v) is 3.56. The van der Waals surface area contributed by atoms with E-state index in [-0.39, 0.29) is 0 Å². The van der Waals surface area contributed by atoms with Gasteiger partial charge in [0.2, 0.25) is 0 Å². The van der Waals surface area contributed by atoms with Gasteiger partial charge in [-0.05, 0) is 50.6 Å². The Hall–Kier alpha value is -1.84. The highest BCUT2D eigenvalue weighted by Crippen LogP contribution is 2.30. The van der Waals surface area contributed by atoms with Crippen LogP contribution < -0.4 is 10.1 Å². The highest BCUT2D eigenvalue weighted by Gasteiger charge is 2.32. The number of para-hydroxylation sites is 1. The fraction of sp³-hybridized carbons (Fsp3) is 0.429. The number of rotatable bonds is 7. The molecule has 128 valence electrons. The quantitative estimate of drug-likeness (QED) is 0.784. The molecule has 0 aromatic heterocycles. The largest absolute Gasteiger partial charge is 0.493 e. The molecular formula is C21H28N2O. The highest BCUT2D eigenvalue weighted by molar-refractivity contribution is 5.31. The van der Waals surface area contributed by atoms with Crippen molar-refractivity contribution in [2.24, 2.45) is 0 Å². The van der Waals surface area contributed by atoms with E-state index in [1.807, 2.05) is 18.2 Å². The monoisotopic (exact) mass is 324 g/mol. The molecule has 2 aromatic carbocycles. The van der Waals surface area contributed by atoms with E-state index in [1.54, 1.807) is 0 Å². The molecule has 0 spiro atoms. The van der Waals surface area contributed by atoms with Gasteiger partial charge < -0.3 is 10.1 Å². The number of hydrogen-bond donors (Lipinski definition) is 1. The molecule has 0 amide bonds. The molecule has 2 unspecified atom stereocenters. The first-order valence-corrected chi connectivity index (χ1v) is 8.92. The predicted octanol–water partition coefficient (Wildman–Crippen LogP) is 3.80. The molecule has 0 radical (unpaired) electrons. The van der Waals surface area contributed by atoms with Gasteiger partial charge in [-0.3, -0.25) is 4.90 Å². The van der Waals surface area contributed by atoms with Gasteiger partial charge in [0, 0.05) is 18.6 Å². The van der Waals surface area contributed by atoms with Gasteiger partial charge in [-0.15, -0.1) is 0 Å². The summed E-state index contributed by atoms with van der Waals surface area (Å²) in [6, 6.07) is 20.0. The van der Waals surface area contributed by atoms with Crippen LogP contribution in [0.25, 0.3) is 0 Å².